The van der Waals surface area contributed by atoms with Gasteiger partial charge in [-0.25, -0.2) is 4.98 Å². The molecule has 0 atom stereocenters. The molecule has 21 heavy (non-hydrogen) atoms. The summed E-state index contributed by atoms with van der Waals surface area (Å²) in [6, 6.07) is 7.64. The van der Waals surface area contributed by atoms with Gasteiger partial charge in [-0.2, -0.15) is 8.78 Å². The van der Waals surface area contributed by atoms with E-state index in [-0.39, 0.29) is 20.6 Å². The molecule has 1 N–H and O–H groups in total. The highest BCUT2D eigenvalue weighted by Gasteiger charge is 2.14. The van der Waals surface area contributed by atoms with E-state index in [1.54, 1.807) is 12.1 Å². The van der Waals surface area contributed by atoms with Crippen LogP contribution < -0.4 is 5.32 Å². The molecule has 0 aliphatic carbocycles. The van der Waals surface area contributed by atoms with Gasteiger partial charge < -0.3 is 5.32 Å². The maximum Gasteiger partial charge on any atom is 0.288 e. The molecule has 0 aliphatic heterocycles. The lowest BCUT2D eigenvalue weighted by molar-refractivity contribution is 0.102. The first-order valence-corrected chi connectivity index (χ1v) is 7.27. The summed E-state index contributed by atoms with van der Waals surface area (Å²) in [5.41, 5.74) is 0.472. The van der Waals surface area contributed by atoms with E-state index in [0.717, 1.165) is 0 Å². The van der Waals surface area contributed by atoms with Crippen LogP contribution in [0.15, 0.2) is 41.4 Å². The number of carbonyl (C=O) groups is 1. The van der Waals surface area contributed by atoms with Crippen molar-refractivity contribution in [2.24, 2.45) is 0 Å². The van der Waals surface area contributed by atoms with Gasteiger partial charge in [-0.15, -0.1) is 0 Å². The van der Waals surface area contributed by atoms with Crippen molar-refractivity contribution < 1.29 is 13.6 Å². The molecule has 3 nitrogen and oxygen atoms in total. The molecular weight excluding hydrogens is 341 g/mol. The Bertz CT molecular complexity index is 670. The fraction of sp³-hybridized carbons (Fsp3) is 0.0769. The molecular formula is C13H8Cl2F2N2OS. The monoisotopic (exact) mass is 348 g/mol. The molecule has 0 radical (unpaired) electrons. The number of pyridine rings is 1. The van der Waals surface area contributed by atoms with Crippen molar-refractivity contribution in [3.63, 3.8) is 0 Å². The molecule has 0 unspecified atom stereocenters. The zero-order chi connectivity index (χ0) is 15.4. The van der Waals surface area contributed by atoms with Crippen LogP contribution in [-0.4, -0.2) is 16.6 Å². The molecule has 1 heterocycles. The van der Waals surface area contributed by atoms with Gasteiger partial charge in [0.05, 0.1) is 16.3 Å². The van der Waals surface area contributed by atoms with Gasteiger partial charge in [-0.3, -0.25) is 4.79 Å². The zero-order valence-corrected chi connectivity index (χ0v) is 12.6. The maximum absolute atomic E-state index is 12.5. The van der Waals surface area contributed by atoms with Crippen LogP contribution >= 0.6 is 35.0 Å². The van der Waals surface area contributed by atoms with Crippen LogP contribution in [0.1, 0.15) is 10.4 Å². The van der Waals surface area contributed by atoms with Gasteiger partial charge in [-0.05, 0) is 18.2 Å². The van der Waals surface area contributed by atoms with Crippen LogP contribution in [0.25, 0.3) is 0 Å². The number of nitrogens with zero attached hydrogens (tertiary/aromatic N) is 1. The number of anilines is 1. The molecule has 1 amide bonds. The summed E-state index contributed by atoms with van der Waals surface area (Å²) in [6.07, 6.45) is 1.26. The second kappa shape index (κ2) is 7.06. The highest BCUT2D eigenvalue weighted by Crippen LogP contribution is 2.32. The molecule has 1 aromatic carbocycles. The van der Waals surface area contributed by atoms with Crippen molar-refractivity contribution in [2.45, 2.75) is 10.7 Å². The van der Waals surface area contributed by atoms with Gasteiger partial charge in [0.2, 0.25) is 0 Å². The van der Waals surface area contributed by atoms with Crippen molar-refractivity contribution in [1.82, 2.24) is 4.98 Å². The Morgan fingerprint density at radius 3 is 2.67 bits per heavy atom. The third-order valence-electron chi connectivity index (χ3n) is 2.41. The lowest BCUT2D eigenvalue weighted by Gasteiger charge is -2.10. The Morgan fingerprint density at radius 1 is 1.29 bits per heavy atom. The fourth-order valence-electron chi connectivity index (χ4n) is 1.51. The number of alkyl halides is 2. The summed E-state index contributed by atoms with van der Waals surface area (Å²) in [6.45, 7) is 0. The van der Waals surface area contributed by atoms with E-state index in [1.807, 2.05) is 0 Å². The van der Waals surface area contributed by atoms with Crippen LogP contribution in [-0.2, 0) is 0 Å². The van der Waals surface area contributed by atoms with Gasteiger partial charge in [0.15, 0.2) is 0 Å². The van der Waals surface area contributed by atoms with Crippen molar-refractivity contribution >= 4 is 46.6 Å². The SMILES string of the molecule is O=C(Nc1ccccc1SC(F)F)c1cnc(Cl)c(Cl)c1. The molecule has 0 aliphatic rings. The molecule has 2 rings (SSSR count). The summed E-state index contributed by atoms with van der Waals surface area (Å²) < 4.78 is 24.9. The van der Waals surface area contributed by atoms with E-state index < -0.39 is 11.7 Å². The number of amides is 1. The maximum atomic E-state index is 12.5. The van der Waals surface area contributed by atoms with Gasteiger partial charge in [0.25, 0.3) is 11.7 Å². The number of para-hydroxylation sites is 1. The van der Waals surface area contributed by atoms with Crippen LogP contribution in [0.2, 0.25) is 10.2 Å². The number of nitrogens with one attached hydrogen (secondary N) is 1. The Morgan fingerprint density at radius 2 is 2.00 bits per heavy atom. The quantitative estimate of drug-likeness (QED) is 0.627. The van der Waals surface area contributed by atoms with E-state index in [2.05, 4.69) is 10.3 Å². The van der Waals surface area contributed by atoms with Crippen LogP contribution in [0.4, 0.5) is 14.5 Å². The Labute approximate surface area is 133 Å². The number of carbonyl (C=O) groups excluding carboxylic acids is 1. The average Bonchev–Trinajstić information content (AvgIpc) is 2.43. The van der Waals surface area contributed by atoms with E-state index in [4.69, 9.17) is 23.2 Å². The normalized spacial score (nSPS) is 10.7. The van der Waals surface area contributed by atoms with E-state index >= 15 is 0 Å². The van der Waals surface area contributed by atoms with Gasteiger partial charge in [-0.1, -0.05) is 47.1 Å². The Balaban J connectivity index is 2.21. The second-order valence-corrected chi connectivity index (χ2v) is 5.62. The third-order valence-corrected chi connectivity index (χ3v) is 3.88. The van der Waals surface area contributed by atoms with Gasteiger partial charge in [0, 0.05) is 11.1 Å². The molecule has 110 valence electrons. The summed E-state index contributed by atoms with van der Waals surface area (Å²) in [4.78, 5) is 16.1. The predicted molar refractivity (Wildman–Crippen MR) is 80.5 cm³/mol. The minimum absolute atomic E-state index is 0.0851. The summed E-state index contributed by atoms with van der Waals surface area (Å²) >= 11 is 11.8. The second-order valence-electron chi connectivity index (χ2n) is 3.83. The summed E-state index contributed by atoms with van der Waals surface area (Å²) in [7, 11) is 0. The molecule has 0 saturated heterocycles. The Hall–Kier alpha value is -1.37. The molecule has 2 aromatic rings. The number of benzene rings is 1. The molecule has 0 saturated carbocycles. The first-order chi connectivity index (χ1) is 9.97. The van der Waals surface area contributed by atoms with E-state index in [1.165, 1.54) is 24.4 Å². The average molecular weight is 349 g/mol. The molecule has 0 bridgehead atoms. The van der Waals surface area contributed by atoms with Gasteiger partial charge >= 0.3 is 0 Å². The smallest absolute Gasteiger partial charge is 0.288 e. The number of hydrogen-bond acceptors (Lipinski definition) is 3. The van der Waals surface area contributed by atoms with Crippen LogP contribution in [0, 0.1) is 0 Å². The van der Waals surface area contributed by atoms with Crippen LogP contribution in [0.5, 0.6) is 0 Å². The van der Waals surface area contributed by atoms with Gasteiger partial charge in [0.1, 0.15) is 5.15 Å². The highest BCUT2D eigenvalue weighted by atomic mass is 35.5. The highest BCUT2D eigenvalue weighted by molar-refractivity contribution is 7.99. The Kier molecular flexibility index (Phi) is 5.39. The lowest BCUT2D eigenvalue weighted by Crippen LogP contribution is -2.13. The topological polar surface area (TPSA) is 42.0 Å². The van der Waals surface area contributed by atoms with Crippen molar-refractivity contribution in [1.29, 1.82) is 0 Å². The number of hydrogen-bond donors (Lipinski definition) is 1. The van der Waals surface area contributed by atoms with E-state index in [9.17, 15) is 13.6 Å². The molecule has 1 aromatic heterocycles. The number of thioether (sulfide) groups is 1. The third kappa shape index (κ3) is 4.30. The van der Waals surface area contributed by atoms with Crippen molar-refractivity contribution in [3.8, 4) is 0 Å². The first kappa shape index (κ1) is 16.0. The first-order valence-electron chi connectivity index (χ1n) is 5.63. The van der Waals surface area contributed by atoms with Crippen molar-refractivity contribution in [3.05, 3.63) is 52.3 Å². The number of aromatic nitrogens is 1. The zero-order valence-electron chi connectivity index (χ0n) is 10.3. The minimum Gasteiger partial charge on any atom is -0.321 e. The standard InChI is InChI=1S/C13H8Cl2F2N2OS/c14-8-5-7(6-18-11(8)15)12(20)19-9-3-1-2-4-10(9)21-13(16)17/h1-6,13H,(H,19,20). The van der Waals surface area contributed by atoms with Crippen molar-refractivity contribution in [2.75, 3.05) is 5.32 Å². The number of halogens is 4. The van der Waals surface area contributed by atoms with E-state index in [0.29, 0.717) is 17.4 Å². The van der Waals surface area contributed by atoms with Crippen LogP contribution in [0.3, 0.4) is 0 Å². The molecule has 0 spiro atoms. The number of rotatable bonds is 4. The summed E-state index contributed by atoms with van der Waals surface area (Å²) in [5, 5.41) is 2.77. The fourth-order valence-corrected chi connectivity index (χ4v) is 2.37. The minimum atomic E-state index is -2.57. The molecule has 0 fully saturated rings. The molecule has 8 heteroatoms. The largest absolute Gasteiger partial charge is 0.321 e. The summed E-state index contributed by atoms with van der Waals surface area (Å²) in [5.74, 6) is -3.09. The lowest BCUT2D eigenvalue weighted by atomic mass is 10.2. The predicted octanol–water partition coefficient (Wildman–Crippen LogP) is 4.96.